The maximum Gasteiger partial charge on any atom is 0.316 e. The van der Waals surface area contributed by atoms with E-state index in [1.165, 1.54) is 45.3 Å². The van der Waals surface area contributed by atoms with E-state index in [2.05, 4.69) is 69.9 Å². The highest BCUT2D eigenvalue weighted by molar-refractivity contribution is 6.25. The van der Waals surface area contributed by atoms with Gasteiger partial charge in [0.05, 0.1) is 29.2 Å². The third-order valence-electron chi connectivity index (χ3n) is 8.90. The van der Waals surface area contributed by atoms with Crippen LogP contribution in [0.25, 0.3) is 43.6 Å². The van der Waals surface area contributed by atoms with Crippen LogP contribution in [0, 0.1) is 5.41 Å². The van der Waals surface area contributed by atoms with Gasteiger partial charge in [-0.2, -0.15) is 0 Å². The summed E-state index contributed by atoms with van der Waals surface area (Å²) in [6, 6.07) is 17.2. The Morgan fingerprint density at radius 1 is 0.971 bits per heavy atom. The lowest BCUT2D eigenvalue weighted by atomic mass is 9.78. The fraction of sp³-hybridized carbons (Fsp3) is 0.321. The summed E-state index contributed by atoms with van der Waals surface area (Å²) in [4.78, 5) is 13.4. The molecule has 3 aliphatic rings. The molecule has 8 rings (SSSR count). The predicted octanol–water partition coefficient (Wildman–Crippen LogP) is 5.29. The van der Waals surface area contributed by atoms with Crippen molar-refractivity contribution in [1.82, 2.24) is 14.5 Å². The zero-order valence-electron chi connectivity index (χ0n) is 19.4. The number of carbonyl (C=O) groups is 1. The number of fused-ring (bicyclic) bond motifs is 13. The molecule has 2 bridgehead atoms. The van der Waals surface area contributed by atoms with E-state index >= 15 is 0 Å². The van der Waals surface area contributed by atoms with E-state index < -0.39 is 11.1 Å². The molecule has 0 aliphatic carbocycles. The van der Waals surface area contributed by atoms with Crippen LogP contribution in [0.15, 0.2) is 48.5 Å². The number of nitrogens with zero attached hydrogens (tertiary/aromatic N) is 2. The molecule has 0 radical (unpaired) electrons. The number of ether oxygens (including phenoxy) is 2. The van der Waals surface area contributed by atoms with E-state index in [4.69, 9.17) is 9.47 Å². The molecule has 3 aliphatic heterocycles. The average molecular weight is 452 g/mol. The third-order valence-corrected chi connectivity index (χ3v) is 8.90. The van der Waals surface area contributed by atoms with Crippen LogP contribution in [-0.2, 0) is 33.1 Å². The molecule has 1 saturated heterocycles. The Morgan fingerprint density at radius 2 is 1.59 bits per heavy atom. The van der Waals surface area contributed by atoms with Crippen molar-refractivity contribution in [3.8, 4) is 0 Å². The predicted molar refractivity (Wildman–Crippen MR) is 131 cm³/mol. The Labute approximate surface area is 196 Å². The van der Waals surface area contributed by atoms with Gasteiger partial charge in [0, 0.05) is 41.1 Å². The number of aromatic nitrogens is 2. The van der Waals surface area contributed by atoms with Crippen molar-refractivity contribution in [2.24, 2.45) is 5.41 Å². The van der Waals surface area contributed by atoms with Crippen molar-refractivity contribution in [2.45, 2.75) is 45.3 Å². The van der Waals surface area contributed by atoms with Crippen molar-refractivity contribution in [3.63, 3.8) is 0 Å². The number of hydrogen-bond donors (Lipinski definition) is 1. The zero-order valence-corrected chi connectivity index (χ0v) is 19.4. The number of rotatable bonds is 1. The molecular weight excluding hydrogens is 426 g/mol. The van der Waals surface area contributed by atoms with Gasteiger partial charge in [0.1, 0.15) is 11.6 Å². The average Bonchev–Trinajstić information content (AvgIpc) is 3.57. The molecule has 34 heavy (non-hydrogen) atoms. The van der Waals surface area contributed by atoms with Crippen LogP contribution in [-0.4, -0.2) is 22.2 Å². The first-order valence-corrected chi connectivity index (χ1v) is 12.0. The number of carbonyl (C=O) groups excluding carboxylic acids is 1. The summed E-state index contributed by atoms with van der Waals surface area (Å²) in [7, 11) is 1.48. The molecule has 170 valence electrons. The van der Waals surface area contributed by atoms with Gasteiger partial charge in [0.25, 0.3) is 0 Å². The highest BCUT2D eigenvalue weighted by Gasteiger charge is 2.63. The van der Waals surface area contributed by atoms with Crippen LogP contribution in [0.2, 0.25) is 0 Å². The number of benzene rings is 3. The summed E-state index contributed by atoms with van der Waals surface area (Å²) in [5, 5.41) is 8.66. The fourth-order valence-electron chi connectivity index (χ4n) is 7.23. The van der Waals surface area contributed by atoms with Crippen LogP contribution in [0.5, 0.6) is 0 Å². The second-order valence-electron chi connectivity index (χ2n) is 10.3. The molecule has 6 nitrogen and oxygen atoms in total. The van der Waals surface area contributed by atoms with Gasteiger partial charge in [-0.05, 0) is 37.1 Å². The van der Waals surface area contributed by atoms with Crippen LogP contribution >= 0.6 is 0 Å². The first kappa shape index (κ1) is 19.0. The first-order valence-electron chi connectivity index (χ1n) is 12.0. The lowest BCUT2D eigenvalue weighted by Gasteiger charge is -2.39. The molecule has 3 atom stereocenters. The fourth-order valence-corrected chi connectivity index (χ4v) is 7.23. The van der Waals surface area contributed by atoms with Crippen LogP contribution in [0.1, 0.15) is 37.6 Å². The smallest absolute Gasteiger partial charge is 0.316 e. The summed E-state index contributed by atoms with van der Waals surface area (Å²) in [6.07, 6.45) is 0.276. The van der Waals surface area contributed by atoms with E-state index in [9.17, 15) is 4.79 Å². The molecule has 1 N–H and O–H groups in total. The summed E-state index contributed by atoms with van der Waals surface area (Å²) < 4.78 is 17.1. The Morgan fingerprint density at radius 3 is 2.29 bits per heavy atom. The largest absolute Gasteiger partial charge is 0.468 e. The summed E-state index contributed by atoms with van der Waals surface area (Å²) in [6.45, 7) is 5.77. The van der Waals surface area contributed by atoms with Gasteiger partial charge in [-0.15, -0.1) is 0 Å². The van der Waals surface area contributed by atoms with Gasteiger partial charge >= 0.3 is 5.97 Å². The maximum absolute atomic E-state index is 13.4. The van der Waals surface area contributed by atoms with E-state index in [0.717, 1.165) is 29.6 Å². The van der Waals surface area contributed by atoms with E-state index in [0.29, 0.717) is 6.42 Å². The van der Waals surface area contributed by atoms with Gasteiger partial charge < -0.3 is 23.9 Å². The van der Waals surface area contributed by atoms with E-state index in [-0.39, 0.29) is 12.2 Å². The number of esters is 1. The van der Waals surface area contributed by atoms with Crippen molar-refractivity contribution in [1.29, 1.82) is 0 Å². The highest BCUT2D eigenvalue weighted by Crippen LogP contribution is 2.60. The molecule has 0 amide bonds. The third kappa shape index (κ3) is 1.82. The standard InChI is InChI=1S/C28H25N3O3/c1-27(26(32)33-3)12-21-30-19-10-6-4-8-15(19)22-17-13-29-14-18(17)23-16-9-5-7-11-20(16)31(25(23)24(22)30)28(27,2)34-21/h4-11,21,29H,12-14H2,1-3H3. The number of nitrogens with one attached hydrogen (secondary N) is 1. The van der Waals surface area contributed by atoms with Crippen molar-refractivity contribution in [3.05, 3.63) is 59.7 Å². The van der Waals surface area contributed by atoms with E-state index in [1.54, 1.807) is 0 Å². The molecular formula is C28H25N3O3. The Balaban J connectivity index is 1.72. The topological polar surface area (TPSA) is 57.4 Å². The minimum absolute atomic E-state index is 0.234. The molecule has 3 aromatic carbocycles. The quantitative estimate of drug-likeness (QED) is 0.352. The first-order chi connectivity index (χ1) is 16.5. The summed E-state index contributed by atoms with van der Waals surface area (Å²) >= 11 is 0. The molecule has 3 unspecified atom stereocenters. The molecule has 5 aromatic rings. The van der Waals surface area contributed by atoms with Gasteiger partial charge in [-0.25, -0.2) is 0 Å². The number of para-hydroxylation sites is 2. The monoisotopic (exact) mass is 451 g/mol. The van der Waals surface area contributed by atoms with Crippen LogP contribution < -0.4 is 5.32 Å². The highest BCUT2D eigenvalue weighted by atomic mass is 16.6. The maximum atomic E-state index is 13.4. The lowest BCUT2D eigenvalue weighted by molar-refractivity contribution is -0.178. The summed E-state index contributed by atoms with van der Waals surface area (Å²) in [5.74, 6) is -0.234. The van der Waals surface area contributed by atoms with Gasteiger partial charge in [0.15, 0.2) is 5.72 Å². The normalized spacial score (nSPS) is 27.3. The second-order valence-corrected chi connectivity index (χ2v) is 10.3. The number of methoxy groups -OCH3 is 1. The Bertz CT molecular complexity index is 1740. The zero-order chi connectivity index (χ0) is 23.0. The minimum Gasteiger partial charge on any atom is -0.468 e. The van der Waals surface area contributed by atoms with Crippen molar-refractivity contribution >= 4 is 49.6 Å². The lowest BCUT2D eigenvalue weighted by Crippen LogP contribution is -2.48. The minimum atomic E-state index is -0.903. The van der Waals surface area contributed by atoms with Gasteiger partial charge in [0.2, 0.25) is 0 Å². The van der Waals surface area contributed by atoms with Crippen molar-refractivity contribution < 1.29 is 14.3 Å². The van der Waals surface area contributed by atoms with Gasteiger partial charge in [-0.3, -0.25) is 4.79 Å². The molecule has 2 aromatic heterocycles. The Kier molecular flexibility index (Phi) is 3.26. The Hall–Kier alpha value is -3.35. The van der Waals surface area contributed by atoms with E-state index in [1.807, 2.05) is 6.92 Å². The van der Waals surface area contributed by atoms with Gasteiger partial charge in [-0.1, -0.05) is 36.4 Å². The SMILES string of the molecule is COC(=O)C1(C)CC2OC1(C)n1c3ccccc3c3c4c(c5c6ccccc6n2c5c31)CNC4. The van der Waals surface area contributed by atoms with Crippen LogP contribution in [0.3, 0.4) is 0 Å². The van der Waals surface area contributed by atoms with Crippen LogP contribution in [0.4, 0.5) is 0 Å². The second kappa shape index (κ2) is 5.82. The summed E-state index contributed by atoms with van der Waals surface area (Å²) in [5.41, 5.74) is 5.62. The van der Waals surface area contributed by atoms with Crippen molar-refractivity contribution in [2.75, 3.05) is 7.11 Å². The number of hydrogen-bond acceptors (Lipinski definition) is 4. The molecule has 1 fully saturated rings. The molecule has 6 heteroatoms. The molecule has 0 spiro atoms. The molecule has 0 saturated carbocycles. The molecule has 5 heterocycles.